The fourth-order valence-electron chi connectivity index (χ4n) is 2.23. The first-order chi connectivity index (χ1) is 9.02. The first-order valence-electron chi connectivity index (χ1n) is 6.76. The molecule has 2 rings (SSSR count). The van der Waals surface area contributed by atoms with Crippen LogP contribution in [0.3, 0.4) is 0 Å². The van der Waals surface area contributed by atoms with Gasteiger partial charge in [-0.2, -0.15) is 0 Å². The van der Waals surface area contributed by atoms with Crippen molar-refractivity contribution in [3.8, 4) is 5.75 Å². The predicted molar refractivity (Wildman–Crippen MR) is 73.4 cm³/mol. The highest BCUT2D eigenvalue weighted by atomic mass is 16.5. The van der Waals surface area contributed by atoms with Crippen molar-refractivity contribution in [2.75, 3.05) is 19.7 Å². The zero-order chi connectivity index (χ0) is 13.9. The van der Waals surface area contributed by atoms with Crippen molar-refractivity contribution in [1.29, 1.82) is 0 Å². The average molecular weight is 263 g/mol. The lowest BCUT2D eigenvalue weighted by atomic mass is 9.93. The first-order valence-corrected chi connectivity index (χ1v) is 6.76. The van der Waals surface area contributed by atoms with Crippen molar-refractivity contribution in [1.82, 2.24) is 4.90 Å². The Labute approximate surface area is 114 Å². The Kier molecular flexibility index (Phi) is 4.10. The van der Waals surface area contributed by atoms with Crippen LogP contribution in [0.4, 0.5) is 0 Å². The van der Waals surface area contributed by atoms with Gasteiger partial charge in [0.2, 0.25) is 0 Å². The summed E-state index contributed by atoms with van der Waals surface area (Å²) < 4.78 is 5.36. The molecule has 0 spiro atoms. The van der Waals surface area contributed by atoms with Gasteiger partial charge in [-0.1, -0.05) is 0 Å². The van der Waals surface area contributed by atoms with Gasteiger partial charge in [-0.15, -0.1) is 0 Å². The minimum atomic E-state index is -0.629. The van der Waals surface area contributed by atoms with Crippen LogP contribution in [0.2, 0.25) is 0 Å². The van der Waals surface area contributed by atoms with Gasteiger partial charge in [-0.05, 0) is 51.0 Å². The van der Waals surface area contributed by atoms with E-state index in [0.717, 1.165) is 5.75 Å². The molecule has 1 amide bonds. The summed E-state index contributed by atoms with van der Waals surface area (Å²) in [6, 6.07) is 7.22. The van der Waals surface area contributed by atoms with Crippen LogP contribution in [-0.4, -0.2) is 41.2 Å². The number of hydrogen-bond donors (Lipinski definition) is 1. The number of carbonyl (C=O) groups excluding carboxylic acids is 1. The zero-order valence-corrected chi connectivity index (χ0v) is 11.6. The van der Waals surface area contributed by atoms with E-state index in [1.54, 1.807) is 17.0 Å². The number of piperidine rings is 1. The van der Waals surface area contributed by atoms with Crippen LogP contribution in [0.5, 0.6) is 5.75 Å². The highest BCUT2D eigenvalue weighted by Crippen LogP contribution is 2.23. The van der Waals surface area contributed by atoms with Crippen LogP contribution in [-0.2, 0) is 0 Å². The molecule has 19 heavy (non-hydrogen) atoms. The number of nitrogens with zero attached hydrogens (tertiary/aromatic N) is 1. The summed E-state index contributed by atoms with van der Waals surface area (Å²) in [6.45, 7) is 5.59. The third-order valence-electron chi connectivity index (χ3n) is 3.54. The molecule has 1 aromatic carbocycles. The summed E-state index contributed by atoms with van der Waals surface area (Å²) >= 11 is 0. The van der Waals surface area contributed by atoms with Gasteiger partial charge in [0.15, 0.2) is 0 Å². The maximum atomic E-state index is 12.3. The summed E-state index contributed by atoms with van der Waals surface area (Å²) in [7, 11) is 0. The molecule has 0 saturated carbocycles. The quantitative estimate of drug-likeness (QED) is 0.908. The summed E-state index contributed by atoms with van der Waals surface area (Å²) in [4.78, 5) is 14.1. The molecule has 0 aliphatic carbocycles. The molecule has 1 fully saturated rings. The normalized spacial score (nSPS) is 18.2. The molecule has 1 aliphatic heterocycles. The predicted octanol–water partition coefficient (Wildman–Crippen LogP) is 2.07. The summed E-state index contributed by atoms with van der Waals surface area (Å²) in [5.74, 6) is 0.805. The maximum absolute atomic E-state index is 12.3. The average Bonchev–Trinajstić information content (AvgIpc) is 2.39. The van der Waals surface area contributed by atoms with E-state index >= 15 is 0 Å². The van der Waals surface area contributed by atoms with E-state index in [1.165, 1.54) is 0 Å². The van der Waals surface area contributed by atoms with Crippen LogP contribution >= 0.6 is 0 Å². The molecule has 1 saturated heterocycles. The van der Waals surface area contributed by atoms with Gasteiger partial charge in [-0.25, -0.2) is 0 Å². The monoisotopic (exact) mass is 263 g/mol. The number of carbonyl (C=O) groups is 1. The molecule has 0 radical (unpaired) electrons. The fraction of sp³-hybridized carbons (Fsp3) is 0.533. The molecule has 1 aromatic rings. The van der Waals surface area contributed by atoms with E-state index in [0.29, 0.717) is 38.1 Å². The molecular formula is C15H21NO3. The van der Waals surface area contributed by atoms with Gasteiger partial charge in [0.1, 0.15) is 5.75 Å². The van der Waals surface area contributed by atoms with E-state index in [4.69, 9.17) is 4.74 Å². The summed E-state index contributed by atoms with van der Waals surface area (Å²) in [5, 5.41) is 9.89. The highest BCUT2D eigenvalue weighted by Gasteiger charge is 2.29. The molecule has 1 N–H and O–H groups in total. The molecule has 4 nitrogen and oxygen atoms in total. The largest absolute Gasteiger partial charge is 0.494 e. The van der Waals surface area contributed by atoms with Crippen molar-refractivity contribution in [2.24, 2.45) is 0 Å². The van der Waals surface area contributed by atoms with Crippen LogP contribution in [0.1, 0.15) is 37.0 Å². The number of benzene rings is 1. The molecule has 0 atom stereocenters. The van der Waals surface area contributed by atoms with E-state index in [-0.39, 0.29) is 5.91 Å². The number of rotatable bonds is 3. The molecule has 104 valence electrons. The lowest BCUT2D eigenvalue weighted by Gasteiger charge is -2.35. The summed E-state index contributed by atoms with van der Waals surface area (Å²) in [5.41, 5.74) is 0.0419. The highest BCUT2D eigenvalue weighted by molar-refractivity contribution is 5.94. The second kappa shape index (κ2) is 5.61. The van der Waals surface area contributed by atoms with Crippen LogP contribution < -0.4 is 4.74 Å². The third kappa shape index (κ3) is 3.47. The molecule has 0 unspecified atom stereocenters. The lowest BCUT2D eigenvalue weighted by molar-refractivity contribution is -0.00202. The van der Waals surface area contributed by atoms with Crippen molar-refractivity contribution in [2.45, 2.75) is 32.3 Å². The van der Waals surface area contributed by atoms with Crippen molar-refractivity contribution >= 4 is 5.91 Å². The van der Waals surface area contributed by atoms with E-state index < -0.39 is 5.60 Å². The van der Waals surface area contributed by atoms with Gasteiger partial charge in [0, 0.05) is 18.7 Å². The maximum Gasteiger partial charge on any atom is 0.253 e. The Balaban J connectivity index is 2.00. The topological polar surface area (TPSA) is 49.8 Å². The molecule has 0 aromatic heterocycles. The van der Waals surface area contributed by atoms with Gasteiger partial charge >= 0.3 is 0 Å². The fourth-order valence-corrected chi connectivity index (χ4v) is 2.23. The van der Waals surface area contributed by atoms with Crippen LogP contribution in [0, 0.1) is 0 Å². The smallest absolute Gasteiger partial charge is 0.253 e. The SMILES string of the molecule is CCOc1ccc(C(=O)N2CCC(C)(O)CC2)cc1. The minimum Gasteiger partial charge on any atom is -0.494 e. The van der Waals surface area contributed by atoms with E-state index in [2.05, 4.69) is 0 Å². The van der Waals surface area contributed by atoms with Gasteiger partial charge in [0.25, 0.3) is 5.91 Å². The Morgan fingerprint density at radius 2 is 1.89 bits per heavy atom. The van der Waals surface area contributed by atoms with Gasteiger partial charge in [-0.3, -0.25) is 4.79 Å². The van der Waals surface area contributed by atoms with Crippen molar-refractivity contribution in [3.05, 3.63) is 29.8 Å². The standard InChI is InChI=1S/C15H21NO3/c1-3-19-13-6-4-12(5-7-13)14(17)16-10-8-15(2,18)9-11-16/h4-7,18H,3,8-11H2,1-2H3. The second-order valence-electron chi connectivity index (χ2n) is 5.25. The number of ether oxygens (including phenoxy) is 1. The van der Waals surface area contributed by atoms with Crippen molar-refractivity contribution < 1.29 is 14.6 Å². The first kappa shape index (κ1) is 13.9. The lowest BCUT2D eigenvalue weighted by Crippen LogP contribution is -2.45. The van der Waals surface area contributed by atoms with E-state index in [1.807, 2.05) is 26.0 Å². The molecular weight excluding hydrogens is 242 g/mol. The molecule has 1 heterocycles. The van der Waals surface area contributed by atoms with Crippen LogP contribution in [0.15, 0.2) is 24.3 Å². The van der Waals surface area contributed by atoms with E-state index in [9.17, 15) is 9.90 Å². The number of likely N-dealkylation sites (tertiary alicyclic amines) is 1. The summed E-state index contributed by atoms with van der Waals surface area (Å²) in [6.07, 6.45) is 1.27. The number of aliphatic hydroxyl groups is 1. The number of hydrogen-bond acceptors (Lipinski definition) is 3. The Morgan fingerprint density at radius 1 is 1.32 bits per heavy atom. The van der Waals surface area contributed by atoms with Gasteiger partial charge < -0.3 is 14.7 Å². The van der Waals surface area contributed by atoms with Crippen molar-refractivity contribution in [3.63, 3.8) is 0 Å². The third-order valence-corrected chi connectivity index (χ3v) is 3.54. The van der Waals surface area contributed by atoms with Crippen LogP contribution in [0.25, 0.3) is 0 Å². The molecule has 1 aliphatic rings. The Hall–Kier alpha value is -1.55. The second-order valence-corrected chi connectivity index (χ2v) is 5.25. The van der Waals surface area contributed by atoms with Gasteiger partial charge in [0.05, 0.1) is 12.2 Å². The molecule has 4 heteroatoms. The zero-order valence-electron chi connectivity index (χ0n) is 11.6. The minimum absolute atomic E-state index is 0.0264. The Morgan fingerprint density at radius 3 is 2.42 bits per heavy atom. The number of amides is 1. The molecule has 0 bridgehead atoms. The Bertz CT molecular complexity index is 429.